The summed E-state index contributed by atoms with van der Waals surface area (Å²) in [5.41, 5.74) is -0.486. The second-order valence-corrected chi connectivity index (χ2v) is 6.98. The van der Waals surface area contributed by atoms with Gasteiger partial charge in [-0.25, -0.2) is 0 Å². The third-order valence-corrected chi connectivity index (χ3v) is 5.93. The first kappa shape index (κ1) is 17.2. The molecule has 0 radical (unpaired) electrons. The van der Waals surface area contributed by atoms with Crippen LogP contribution in [-0.4, -0.2) is 10.5 Å². The molecule has 24 heavy (non-hydrogen) atoms. The SMILES string of the molecule is O=C(Cl)C1(C(=O)Cl)CCCCC1(c1ccccc1)c1ccccc1. The first-order valence-corrected chi connectivity index (χ1v) is 8.82. The van der Waals surface area contributed by atoms with E-state index in [2.05, 4.69) is 0 Å². The van der Waals surface area contributed by atoms with Crippen molar-refractivity contribution in [2.75, 3.05) is 0 Å². The Hall–Kier alpha value is -1.64. The van der Waals surface area contributed by atoms with Crippen molar-refractivity contribution >= 4 is 33.7 Å². The number of rotatable bonds is 4. The number of carbonyl (C=O) groups excluding carboxylic acids is 2. The Labute approximate surface area is 151 Å². The molecule has 0 unspecified atom stereocenters. The molecule has 2 nitrogen and oxygen atoms in total. The average Bonchev–Trinajstić information content (AvgIpc) is 2.62. The highest BCUT2D eigenvalue weighted by Gasteiger charge is 2.62. The third-order valence-electron chi connectivity index (χ3n) is 5.29. The van der Waals surface area contributed by atoms with Gasteiger partial charge in [-0.05, 0) is 47.2 Å². The van der Waals surface area contributed by atoms with Crippen molar-refractivity contribution < 1.29 is 9.59 Å². The van der Waals surface area contributed by atoms with Crippen LogP contribution in [0.15, 0.2) is 60.7 Å². The summed E-state index contributed by atoms with van der Waals surface area (Å²) in [6.45, 7) is 0. The van der Waals surface area contributed by atoms with Crippen LogP contribution in [0.5, 0.6) is 0 Å². The van der Waals surface area contributed by atoms with E-state index < -0.39 is 21.3 Å². The molecule has 0 aliphatic heterocycles. The van der Waals surface area contributed by atoms with Gasteiger partial charge in [0.05, 0.1) is 0 Å². The van der Waals surface area contributed by atoms with Crippen molar-refractivity contribution in [3.63, 3.8) is 0 Å². The van der Waals surface area contributed by atoms with Crippen LogP contribution in [0.3, 0.4) is 0 Å². The fourth-order valence-corrected chi connectivity index (χ4v) is 4.94. The zero-order valence-electron chi connectivity index (χ0n) is 13.2. The van der Waals surface area contributed by atoms with Gasteiger partial charge in [0.2, 0.25) is 10.5 Å². The molecule has 1 fully saturated rings. The Morgan fingerprint density at radius 3 is 1.54 bits per heavy atom. The molecule has 2 aromatic rings. The third kappa shape index (κ3) is 2.40. The monoisotopic (exact) mass is 360 g/mol. The Bertz CT molecular complexity index is 687. The lowest BCUT2D eigenvalue weighted by atomic mass is 9.51. The van der Waals surface area contributed by atoms with Gasteiger partial charge in [-0.15, -0.1) is 0 Å². The molecule has 0 spiro atoms. The van der Waals surface area contributed by atoms with Gasteiger partial charge in [-0.1, -0.05) is 73.5 Å². The van der Waals surface area contributed by atoms with Crippen LogP contribution < -0.4 is 0 Å². The molecule has 0 N–H and O–H groups in total. The van der Waals surface area contributed by atoms with Crippen molar-refractivity contribution in [2.45, 2.75) is 31.1 Å². The standard InChI is InChI=1S/C20H18Cl2O2/c21-17(23)20(18(22)24)14-8-7-13-19(20,15-9-3-1-4-10-15)16-11-5-2-6-12-16/h1-6,9-12H,7-8,13-14H2. The van der Waals surface area contributed by atoms with Crippen LogP contribution in [0.1, 0.15) is 36.8 Å². The van der Waals surface area contributed by atoms with E-state index in [0.717, 1.165) is 24.0 Å². The summed E-state index contributed by atoms with van der Waals surface area (Å²) in [5, 5.41) is -1.34. The number of hydrogen-bond acceptors (Lipinski definition) is 2. The maximum atomic E-state index is 12.6. The van der Waals surface area contributed by atoms with E-state index in [1.165, 1.54) is 0 Å². The smallest absolute Gasteiger partial charge is 0.237 e. The quantitative estimate of drug-likeness (QED) is 0.563. The second-order valence-electron chi connectivity index (χ2n) is 6.30. The van der Waals surface area contributed by atoms with E-state index in [1.54, 1.807) is 0 Å². The van der Waals surface area contributed by atoms with E-state index in [-0.39, 0.29) is 0 Å². The molecule has 1 saturated carbocycles. The van der Waals surface area contributed by atoms with Crippen LogP contribution >= 0.6 is 23.2 Å². The summed E-state index contributed by atoms with van der Waals surface area (Å²) in [4.78, 5) is 25.2. The molecular weight excluding hydrogens is 343 g/mol. The van der Waals surface area contributed by atoms with Crippen molar-refractivity contribution in [3.8, 4) is 0 Å². The summed E-state index contributed by atoms with van der Waals surface area (Å²) in [5.74, 6) is 0. The molecular formula is C20H18Cl2O2. The number of benzene rings is 2. The molecule has 4 heteroatoms. The molecule has 0 heterocycles. The fourth-order valence-electron chi connectivity index (χ4n) is 4.21. The van der Waals surface area contributed by atoms with Crippen LogP contribution in [-0.2, 0) is 15.0 Å². The van der Waals surface area contributed by atoms with Crippen molar-refractivity contribution in [1.29, 1.82) is 0 Å². The zero-order chi connectivity index (χ0) is 17.2. The van der Waals surface area contributed by atoms with Gasteiger partial charge >= 0.3 is 0 Å². The van der Waals surface area contributed by atoms with Crippen LogP contribution in [0.2, 0.25) is 0 Å². The van der Waals surface area contributed by atoms with Crippen LogP contribution in [0, 0.1) is 5.41 Å². The molecule has 0 bridgehead atoms. The fraction of sp³-hybridized carbons (Fsp3) is 0.300. The van der Waals surface area contributed by atoms with Crippen molar-refractivity contribution in [2.24, 2.45) is 5.41 Å². The van der Waals surface area contributed by atoms with Gasteiger partial charge in [0.1, 0.15) is 5.41 Å². The summed E-state index contributed by atoms with van der Waals surface area (Å²) >= 11 is 12.1. The molecule has 2 aromatic carbocycles. The molecule has 3 rings (SSSR count). The largest absolute Gasteiger partial charge is 0.280 e. The average molecular weight is 361 g/mol. The van der Waals surface area contributed by atoms with Gasteiger partial charge in [0, 0.05) is 5.41 Å². The summed E-state index contributed by atoms with van der Waals surface area (Å²) in [7, 11) is 0. The highest BCUT2D eigenvalue weighted by molar-refractivity contribution is 6.75. The number of hydrogen-bond donors (Lipinski definition) is 0. The first-order valence-electron chi connectivity index (χ1n) is 8.06. The van der Waals surface area contributed by atoms with Gasteiger partial charge in [0.15, 0.2) is 0 Å². The molecule has 0 atom stereocenters. The molecule has 124 valence electrons. The molecule has 0 saturated heterocycles. The van der Waals surface area contributed by atoms with E-state index in [1.807, 2.05) is 60.7 Å². The lowest BCUT2D eigenvalue weighted by Crippen LogP contribution is -2.56. The Morgan fingerprint density at radius 1 is 0.708 bits per heavy atom. The van der Waals surface area contributed by atoms with Crippen LogP contribution in [0.4, 0.5) is 0 Å². The minimum absolute atomic E-state index is 0.363. The maximum absolute atomic E-state index is 12.6. The number of carbonyl (C=O) groups is 2. The van der Waals surface area contributed by atoms with E-state index in [4.69, 9.17) is 23.2 Å². The molecule has 0 amide bonds. The number of halogens is 2. The topological polar surface area (TPSA) is 34.1 Å². The second kappa shape index (κ2) is 6.70. The van der Waals surface area contributed by atoms with Gasteiger partial charge in [-0.2, -0.15) is 0 Å². The summed E-state index contributed by atoms with van der Waals surface area (Å²) in [6, 6.07) is 19.3. The molecule has 1 aliphatic rings. The van der Waals surface area contributed by atoms with Gasteiger partial charge in [0.25, 0.3) is 0 Å². The lowest BCUT2D eigenvalue weighted by Gasteiger charge is -2.50. The predicted molar refractivity (Wildman–Crippen MR) is 96.3 cm³/mol. The lowest BCUT2D eigenvalue weighted by molar-refractivity contribution is -0.137. The van der Waals surface area contributed by atoms with Crippen molar-refractivity contribution in [1.82, 2.24) is 0 Å². The Balaban J connectivity index is 2.39. The van der Waals surface area contributed by atoms with Gasteiger partial charge in [-0.3, -0.25) is 9.59 Å². The Kier molecular flexibility index (Phi) is 4.80. The van der Waals surface area contributed by atoms with Crippen LogP contribution in [0.25, 0.3) is 0 Å². The minimum Gasteiger partial charge on any atom is -0.280 e. The van der Waals surface area contributed by atoms with E-state index >= 15 is 0 Å². The maximum Gasteiger partial charge on any atom is 0.237 e. The molecule has 0 aromatic heterocycles. The highest BCUT2D eigenvalue weighted by Crippen LogP contribution is 2.58. The predicted octanol–water partition coefficient (Wildman–Crippen LogP) is 5.06. The minimum atomic E-state index is -1.45. The summed E-state index contributed by atoms with van der Waals surface area (Å²) in [6.07, 6.45) is 2.66. The van der Waals surface area contributed by atoms with Gasteiger partial charge < -0.3 is 0 Å². The van der Waals surface area contributed by atoms with E-state index in [9.17, 15) is 9.59 Å². The normalized spacial score (nSPS) is 18.8. The molecule has 1 aliphatic carbocycles. The summed E-state index contributed by atoms with van der Waals surface area (Å²) < 4.78 is 0. The van der Waals surface area contributed by atoms with E-state index in [0.29, 0.717) is 12.8 Å². The zero-order valence-corrected chi connectivity index (χ0v) is 14.7. The Morgan fingerprint density at radius 2 is 1.12 bits per heavy atom. The first-order chi connectivity index (χ1) is 11.6. The highest BCUT2D eigenvalue weighted by atomic mass is 35.5. The van der Waals surface area contributed by atoms with Crippen molar-refractivity contribution in [3.05, 3.63) is 71.8 Å².